The summed E-state index contributed by atoms with van der Waals surface area (Å²) in [6.07, 6.45) is 36.4. The Morgan fingerprint density at radius 2 is 0.526 bits per heavy atom. The minimum Gasteiger partial charge on any atom is -0.0683 e. The summed E-state index contributed by atoms with van der Waals surface area (Å²) < 4.78 is 0. The molecule has 0 saturated heterocycles. The molecule has 0 spiro atoms. The van der Waals surface area contributed by atoms with Crippen LogP contribution in [0.3, 0.4) is 0 Å². The Bertz CT molecular complexity index is 472. The molecular weight excluding hydrogens is 456 g/mol. The SMILES string of the molecule is CC.CC1CCCC(C2CCCC(C3CCCC(C)CCC3)CC(C)C2)CCC1.CC1CCCCCCC1. The van der Waals surface area contributed by atoms with Crippen molar-refractivity contribution in [2.24, 2.45) is 47.3 Å². The Kier molecular flexibility index (Phi) is 18.7. The summed E-state index contributed by atoms with van der Waals surface area (Å²) in [6.45, 7) is 14.0. The van der Waals surface area contributed by atoms with E-state index in [1.165, 1.54) is 96.3 Å². The Hall–Kier alpha value is 0. The Morgan fingerprint density at radius 3 is 0.895 bits per heavy atom. The minimum absolute atomic E-state index is 0.981. The van der Waals surface area contributed by atoms with Crippen LogP contribution < -0.4 is 0 Å². The van der Waals surface area contributed by atoms with Gasteiger partial charge in [-0.25, -0.2) is 0 Å². The molecular formula is C38H74. The van der Waals surface area contributed by atoms with E-state index < -0.39 is 0 Å². The first-order valence-corrected chi connectivity index (χ1v) is 18.5. The normalized spacial score (nSPS) is 36.9. The topological polar surface area (TPSA) is 0 Å². The highest BCUT2D eigenvalue weighted by Gasteiger charge is 2.31. The monoisotopic (exact) mass is 531 g/mol. The molecule has 0 heterocycles. The summed E-state index contributed by atoms with van der Waals surface area (Å²) in [4.78, 5) is 0. The van der Waals surface area contributed by atoms with Crippen molar-refractivity contribution in [2.45, 2.75) is 196 Å². The zero-order chi connectivity index (χ0) is 27.6. The Morgan fingerprint density at radius 1 is 0.263 bits per heavy atom. The van der Waals surface area contributed by atoms with Crippen LogP contribution in [0.2, 0.25) is 0 Å². The zero-order valence-corrected chi connectivity index (χ0v) is 27.6. The van der Waals surface area contributed by atoms with E-state index in [-0.39, 0.29) is 0 Å². The fourth-order valence-corrected chi connectivity index (χ4v) is 8.96. The average Bonchev–Trinajstić information content (AvgIpc) is 2.85. The zero-order valence-electron chi connectivity index (χ0n) is 27.6. The van der Waals surface area contributed by atoms with Gasteiger partial charge < -0.3 is 0 Å². The standard InChI is InChI=1S/C27H50.C9H18.C2H6/c1-21-9-4-13-24(14-5-10-21)26-17-8-18-27(20-23(3)19-26)25-15-6-11-22(2)12-7-16-25;1-9-7-5-3-2-4-6-8-9;1-2/h21-27H,4-20H2,1-3H3;9H,2-8H2,1H3;1-2H3. The van der Waals surface area contributed by atoms with Crippen molar-refractivity contribution >= 4 is 0 Å². The lowest BCUT2D eigenvalue weighted by Crippen LogP contribution is -2.26. The molecule has 4 aliphatic rings. The summed E-state index contributed by atoms with van der Waals surface area (Å²) in [5.41, 5.74) is 0. The van der Waals surface area contributed by atoms with Gasteiger partial charge in [0.05, 0.1) is 0 Å². The lowest BCUT2D eigenvalue weighted by molar-refractivity contribution is 0.137. The molecule has 2 atom stereocenters. The maximum atomic E-state index is 2.61. The van der Waals surface area contributed by atoms with Crippen LogP contribution in [0, 0.1) is 47.3 Å². The minimum atomic E-state index is 0.981. The Balaban J connectivity index is 0.000000387. The number of rotatable bonds is 2. The van der Waals surface area contributed by atoms with E-state index >= 15 is 0 Å². The second-order valence-electron chi connectivity index (χ2n) is 14.9. The van der Waals surface area contributed by atoms with E-state index in [1.807, 2.05) is 13.8 Å². The van der Waals surface area contributed by atoms with Crippen LogP contribution in [0.4, 0.5) is 0 Å². The lowest BCUT2D eigenvalue weighted by atomic mass is 9.68. The molecule has 0 aromatic rings. The van der Waals surface area contributed by atoms with Gasteiger partial charge in [-0.3, -0.25) is 0 Å². The molecule has 38 heavy (non-hydrogen) atoms. The largest absolute Gasteiger partial charge is 0.0683 e. The van der Waals surface area contributed by atoms with Crippen LogP contribution in [-0.4, -0.2) is 0 Å². The second kappa shape index (κ2) is 20.8. The van der Waals surface area contributed by atoms with Crippen LogP contribution >= 0.6 is 0 Å². The first-order chi connectivity index (χ1) is 18.5. The Labute approximate surface area is 242 Å². The maximum absolute atomic E-state index is 2.61. The molecule has 226 valence electrons. The fourth-order valence-electron chi connectivity index (χ4n) is 8.96. The summed E-state index contributed by atoms with van der Waals surface area (Å²) in [5, 5.41) is 0. The molecule has 0 radical (unpaired) electrons. The van der Waals surface area contributed by atoms with Crippen LogP contribution in [0.25, 0.3) is 0 Å². The molecule has 4 saturated carbocycles. The first kappa shape index (κ1) is 34.2. The van der Waals surface area contributed by atoms with Crippen LogP contribution in [0.5, 0.6) is 0 Å². The van der Waals surface area contributed by atoms with Gasteiger partial charge in [0.2, 0.25) is 0 Å². The maximum Gasteiger partial charge on any atom is -0.0383 e. The van der Waals surface area contributed by atoms with Crippen LogP contribution in [0.1, 0.15) is 196 Å². The van der Waals surface area contributed by atoms with Crippen molar-refractivity contribution in [3.63, 3.8) is 0 Å². The van der Waals surface area contributed by atoms with Crippen molar-refractivity contribution in [2.75, 3.05) is 0 Å². The number of hydrogen-bond acceptors (Lipinski definition) is 0. The molecule has 0 bridgehead atoms. The van der Waals surface area contributed by atoms with Crippen molar-refractivity contribution in [3.8, 4) is 0 Å². The van der Waals surface area contributed by atoms with Crippen molar-refractivity contribution in [1.29, 1.82) is 0 Å². The van der Waals surface area contributed by atoms with Gasteiger partial charge in [0.1, 0.15) is 0 Å². The predicted molar refractivity (Wildman–Crippen MR) is 173 cm³/mol. The van der Waals surface area contributed by atoms with E-state index in [1.54, 1.807) is 57.8 Å². The molecule has 0 nitrogen and oxygen atoms in total. The fraction of sp³-hybridized carbons (Fsp3) is 1.00. The van der Waals surface area contributed by atoms with Crippen molar-refractivity contribution in [3.05, 3.63) is 0 Å². The molecule has 0 N–H and O–H groups in total. The third kappa shape index (κ3) is 14.1. The molecule has 0 heteroatoms. The molecule has 4 aliphatic carbocycles. The highest BCUT2D eigenvalue weighted by Crippen LogP contribution is 2.43. The van der Waals surface area contributed by atoms with E-state index in [2.05, 4.69) is 27.7 Å². The highest BCUT2D eigenvalue weighted by molar-refractivity contribution is 4.82. The average molecular weight is 531 g/mol. The van der Waals surface area contributed by atoms with Crippen LogP contribution in [0.15, 0.2) is 0 Å². The van der Waals surface area contributed by atoms with Gasteiger partial charge in [0, 0.05) is 0 Å². The van der Waals surface area contributed by atoms with Gasteiger partial charge in [-0.1, -0.05) is 183 Å². The van der Waals surface area contributed by atoms with E-state index in [9.17, 15) is 0 Å². The first-order valence-electron chi connectivity index (χ1n) is 18.5. The molecule has 0 amide bonds. The summed E-state index contributed by atoms with van der Waals surface area (Å²) in [5.74, 6) is 8.25. The van der Waals surface area contributed by atoms with Gasteiger partial charge in [-0.2, -0.15) is 0 Å². The molecule has 0 aliphatic heterocycles. The van der Waals surface area contributed by atoms with Gasteiger partial charge in [0.15, 0.2) is 0 Å². The van der Waals surface area contributed by atoms with Gasteiger partial charge in [0.25, 0.3) is 0 Å². The van der Waals surface area contributed by atoms with Gasteiger partial charge in [-0.15, -0.1) is 0 Å². The van der Waals surface area contributed by atoms with E-state index in [0.717, 1.165) is 47.3 Å². The third-order valence-electron chi connectivity index (χ3n) is 11.4. The van der Waals surface area contributed by atoms with Crippen molar-refractivity contribution < 1.29 is 0 Å². The highest BCUT2D eigenvalue weighted by atomic mass is 14.4. The van der Waals surface area contributed by atoms with Crippen molar-refractivity contribution in [1.82, 2.24) is 0 Å². The lowest BCUT2D eigenvalue weighted by Gasteiger charge is -2.38. The van der Waals surface area contributed by atoms with Crippen LogP contribution in [-0.2, 0) is 0 Å². The smallest absolute Gasteiger partial charge is 0.0383 e. The van der Waals surface area contributed by atoms with Gasteiger partial charge in [-0.05, 0) is 60.2 Å². The molecule has 2 unspecified atom stereocenters. The van der Waals surface area contributed by atoms with E-state index in [4.69, 9.17) is 0 Å². The summed E-state index contributed by atoms with van der Waals surface area (Å²) in [7, 11) is 0. The van der Waals surface area contributed by atoms with E-state index in [0.29, 0.717) is 0 Å². The second-order valence-corrected chi connectivity index (χ2v) is 14.9. The quantitative estimate of drug-likeness (QED) is 0.333. The summed E-state index contributed by atoms with van der Waals surface area (Å²) >= 11 is 0. The predicted octanol–water partition coefficient (Wildman–Crippen LogP) is 13.4. The molecule has 4 rings (SSSR count). The molecule has 0 aromatic carbocycles. The third-order valence-corrected chi connectivity index (χ3v) is 11.4. The van der Waals surface area contributed by atoms with Gasteiger partial charge >= 0.3 is 0 Å². The number of hydrogen-bond donors (Lipinski definition) is 0. The summed E-state index contributed by atoms with van der Waals surface area (Å²) in [6, 6.07) is 0. The molecule has 0 aromatic heterocycles. The molecule has 4 fully saturated rings.